The minimum atomic E-state index is -0.905. The Balaban J connectivity index is 1.96. The standard InChI is InChI=1S/C30H19Br/c31-30-27-14-5-3-12-25(27)29(26-13-4-6-15-28(26)30)24-11-7-10-22(19-24)23-17-16-20-8-1-2-9-21(20)18-23/h1-19H/i1D,2D,3D,4D,5D,6D,7D,8D,9D,10D,11D,12D,13D,14D,15D,16D,17D,18D,19D. The SMILES string of the molecule is [2H]c1c([2H])c(-c2c([2H])c([2H])c3c([2H])c([2H])c([2H])c([2H])c3c2[2H])c([2H])c(-c2c3c([2H])c([2H])c([2H])c([2H])c3c(Br)c3c([2H])c([2H])c([2H])c([2H])c23)c1[2H]. The zero-order chi connectivity index (χ0) is 37.3. The summed E-state index contributed by atoms with van der Waals surface area (Å²) in [6, 6.07) is -14.4. The van der Waals surface area contributed by atoms with Gasteiger partial charge in [0.15, 0.2) is 0 Å². The van der Waals surface area contributed by atoms with E-state index in [1.807, 2.05) is 0 Å². The second-order valence-corrected chi connectivity index (χ2v) is 7.23. The van der Waals surface area contributed by atoms with E-state index in [1.54, 1.807) is 0 Å². The number of fused-ring (bicyclic) bond motifs is 3. The average Bonchev–Trinajstić information content (AvgIpc) is 3.08. The second-order valence-electron chi connectivity index (χ2n) is 6.44. The third-order valence-electron chi connectivity index (χ3n) is 4.69. The summed E-state index contributed by atoms with van der Waals surface area (Å²) in [5, 5.41) is -2.30. The summed E-state index contributed by atoms with van der Waals surface area (Å²) in [5.41, 5.74) is -2.47. The summed E-state index contributed by atoms with van der Waals surface area (Å²) < 4.78 is 164. The third kappa shape index (κ3) is 3.05. The number of rotatable bonds is 2. The van der Waals surface area contributed by atoms with Crippen LogP contribution in [0.3, 0.4) is 0 Å². The Kier molecular flexibility index (Phi) is 1.74. The minimum absolute atomic E-state index is 0.142. The van der Waals surface area contributed by atoms with Crippen LogP contribution in [0.4, 0.5) is 0 Å². The predicted molar refractivity (Wildman–Crippen MR) is 138 cm³/mol. The fourth-order valence-electron chi connectivity index (χ4n) is 3.33. The molecule has 31 heavy (non-hydrogen) atoms. The van der Waals surface area contributed by atoms with Crippen LogP contribution in [0.15, 0.2) is 119 Å². The van der Waals surface area contributed by atoms with Crippen molar-refractivity contribution in [2.75, 3.05) is 0 Å². The predicted octanol–water partition coefficient (Wildman–Crippen LogP) is 9.24. The van der Waals surface area contributed by atoms with Crippen molar-refractivity contribution < 1.29 is 26.0 Å². The Labute approximate surface area is 216 Å². The molecule has 0 aliphatic carbocycles. The molecule has 0 spiro atoms. The zero-order valence-corrected chi connectivity index (χ0v) is 17.0. The van der Waals surface area contributed by atoms with Gasteiger partial charge in [-0.15, -0.1) is 0 Å². The summed E-state index contributed by atoms with van der Waals surface area (Å²) in [6.07, 6.45) is 0. The molecular formula is C30H19Br. The highest BCUT2D eigenvalue weighted by molar-refractivity contribution is 9.10. The minimum Gasteiger partial charge on any atom is -0.0616 e. The summed E-state index contributed by atoms with van der Waals surface area (Å²) in [5.74, 6) is 0. The average molecular weight is 479 g/mol. The molecule has 1 heteroatoms. The molecule has 0 bridgehead atoms. The van der Waals surface area contributed by atoms with E-state index in [2.05, 4.69) is 15.9 Å². The molecule has 0 fully saturated rings. The zero-order valence-electron chi connectivity index (χ0n) is 34.4. The van der Waals surface area contributed by atoms with E-state index in [0.29, 0.717) is 0 Å². The lowest BCUT2D eigenvalue weighted by molar-refractivity contribution is 1.63. The van der Waals surface area contributed by atoms with Crippen molar-refractivity contribution in [1.29, 1.82) is 0 Å². The van der Waals surface area contributed by atoms with Crippen molar-refractivity contribution in [2.45, 2.75) is 0 Å². The van der Waals surface area contributed by atoms with Crippen LogP contribution < -0.4 is 0 Å². The highest BCUT2D eigenvalue weighted by Crippen LogP contribution is 2.42. The first-order chi connectivity index (χ1) is 23.2. The van der Waals surface area contributed by atoms with E-state index >= 15 is 0 Å². The number of hydrogen-bond donors (Lipinski definition) is 0. The molecule has 0 nitrogen and oxygen atoms in total. The molecule has 0 saturated carbocycles. The third-order valence-corrected chi connectivity index (χ3v) is 5.48. The van der Waals surface area contributed by atoms with Crippen molar-refractivity contribution in [1.82, 2.24) is 0 Å². The van der Waals surface area contributed by atoms with Gasteiger partial charge in [-0.2, -0.15) is 0 Å². The van der Waals surface area contributed by atoms with Crippen LogP contribution in [0.1, 0.15) is 26.0 Å². The maximum atomic E-state index is 9.39. The number of benzene rings is 6. The van der Waals surface area contributed by atoms with E-state index in [4.69, 9.17) is 24.7 Å². The lowest BCUT2D eigenvalue weighted by Crippen LogP contribution is -1.88. The fraction of sp³-hybridized carbons (Fsp3) is 0. The highest BCUT2D eigenvalue weighted by atomic mass is 79.9. The van der Waals surface area contributed by atoms with E-state index in [1.165, 1.54) is 0 Å². The van der Waals surface area contributed by atoms with Crippen molar-refractivity contribution in [3.05, 3.63) is 119 Å². The van der Waals surface area contributed by atoms with Crippen LogP contribution in [-0.2, 0) is 0 Å². The molecule has 0 heterocycles. The van der Waals surface area contributed by atoms with Gasteiger partial charge in [-0.05, 0) is 82.6 Å². The fourth-order valence-corrected chi connectivity index (χ4v) is 3.92. The summed E-state index contributed by atoms with van der Waals surface area (Å²) in [6.45, 7) is 0. The van der Waals surface area contributed by atoms with Crippen molar-refractivity contribution in [3.63, 3.8) is 0 Å². The van der Waals surface area contributed by atoms with Crippen molar-refractivity contribution >= 4 is 48.2 Å². The van der Waals surface area contributed by atoms with Crippen LogP contribution in [0, 0.1) is 0 Å². The molecule has 0 unspecified atom stereocenters. The molecule has 0 radical (unpaired) electrons. The van der Waals surface area contributed by atoms with Gasteiger partial charge in [0.05, 0.1) is 26.0 Å². The van der Waals surface area contributed by atoms with Gasteiger partial charge in [-0.1, -0.05) is 103 Å². The summed E-state index contributed by atoms with van der Waals surface area (Å²) in [7, 11) is 0. The van der Waals surface area contributed by atoms with E-state index in [0.717, 1.165) is 0 Å². The van der Waals surface area contributed by atoms with Gasteiger partial charge in [-0.3, -0.25) is 0 Å². The molecule has 0 aliphatic heterocycles. The van der Waals surface area contributed by atoms with Crippen LogP contribution in [0.2, 0.25) is 0 Å². The Bertz CT molecular complexity index is 2520. The first kappa shape index (κ1) is 7.32. The largest absolute Gasteiger partial charge is 0.0636 e. The van der Waals surface area contributed by atoms with Crippen LogP contribution in [0.5, 0.6) is 0 Å². The molecule has 146 valence electrons. The lowest BCUT2D eigenvalue weighted by atomic mass is 9.90. The monoisotopic (exact) mass is 477 g/mol. The molecule has 6 aromatic carbocycles. The molecule has 0 aromatic heterocycles. The summed E-state index contributed by atoms with van der Waals surface area (Å²) in [4.78, 5) is 0. The Morgan fingerprint density at radius 1 is 0.452 bits per heavy atom. The van der Waals surface area contributed by atoms with Crippen LogP contribution >= 0.6 is 15.9 Å². The molecule has 0 atom stereocenters. The molecule has 6 rings (SSSR count). The van der Waals surface area contributed by atoms with E-state index in [9.17, 15) is 1.37 Å². The quantitative estimate of drug-likeness (QED) is 0.218. The molecule has 0 aliphatic rings. The van der Waals surface area contributed by atoms with Crippen LogP contribution in [0.25, 0.3) is 54.6 Å². The highest BCUT2D eigenvalue weighted by Gasteiger charge is 2.14. The van der Waals surface area contributed by atoms with E-state index < -0.39 is 159 Å². The van der Waals surface area contributed by atoms with Gasteiger partial charge in [-0.25, -0.2) is 0 Å². The normalized spacial score (nSPS) is 20.0. The first-order valence-electron chi connectivity index (χ1n) is 18.4. The van der Waals surface area contributed by atoms with Crippen LogP contribution in [-0.4, -0.2) is 0 Å². The van der Waals surface area contributed by atoms with E-state index in [-0.39, 0.29) is 15.2 Å². The maximum absolute atomic E-state index is 9.39. The smallest absolute Gasteiger partial charge is 0.0616 e. The van der Waals surface area contributed by atoms with Gasteiger partial charge in [0.2, 0.25) is 0 Å². The Hall–Kier alpha value is -3.42. The number of hydrogen-bond acceptors (Lipinski definition) is 0. The lowest BCUT2D eigenvalue weighted by Gasteiger charge is -2.15. The van der Waals surface area contributed by atoms with Crippen molar-refractivity contribution in [2.24, 2.45) is 0 Å². The first-order valence-corrected chi connectivity index (χ1v) is 9.73. The Morgan fingerprint density at radius 3 is 1.71 bits per heavy atom. The maximum Gasteiger partial charge on any atom is 0.0636 e. The Morgan fingerprint density at radius 2 is 1.00 bits per heavy atom. The molecule has 6 aromatic rings. The van der Waals surface area contributed by atoms with Gasteiger partial charge in [0, 0.05) is 4.47 Å². The number of halogens is 1. The van der Waals surface area contributed by atoms with Gasteiger partial charge in [0.1, 0.15) is 0 Å². The molecule has 0 N–H and O–H groups in total. The van der Waals surface area contributed by atoms with Crippen molar-refractivity contribution in [3.8, 4) is 22.3 Å². The summed E-state index contributed by atoms with van der Waals surface area (Å²) >= 11 is 3.28. The van der Waals surface area contributed by atoms with Gasteiger partial charge >= 0.3 is 0 Å². The molecule has 0 amide bonds. The second kappa shape index (κ2) is 7.37. The molecular weight excluding hydrogens is 440 g/mol. The van der Waals surface area contributed by atoms with Gasteiger partial charge < -0.3 is 0 Å². The van der Waals surface area contributed by atoms with Gasteiger partial charge in [0.25, 0.3) is 0 Å². The molecule has 0 saturated heterocycles. The topological polar surface area (TPSA) is 0 Å².